The summed E-state index contributed by atoms with van der Waals surface area (Å²) in [6.07, 6.45) is 5.31. The van der Waals surface area contributed by atoms with Gasteiger partial charge < -0.3 is 16.0 Å². The third-order valence-electron chi connectivity index (χ3n) is 3.56. The van der Waals surface area contributed by atoms with Gasteiger partial charge in [-0.3, -0.25) is 4.79 Å². The van der Waals surface area contributed by atoms with E-state index in [9.17, 15) is 4.79 Å². The Labute approximate surface area is 91.2 Å². The normalized spacial score (nSPS) is 24.3. The lowest BCUT2D eigenvalue weighted by atomic mass is 9.78. The van der Waals surface area contributed by atoms with Gasteiger partial charge in [0.1, 0.15) is 0 Å². The fourth-order valence-corrected chi connectivity index (χ4v) is 2.30. The van der Waals surface area contributed by atoms with E-state index in [2.05, 4.69) is 5.32 Å². The maximum absolute atomic E-state index is 11.3. The van der Waals surface area contributed by atoms with Crippen LogP contribution < -0.4 is 11.1 Å². The molecule has 0 aromatic rings. The van der Waals surface area contributed by atoms with Gasteiger partial charge in [0.15, 0.2) is 0 Å². The second-order valence-electron chi connectivity index (χ2n) is 4.88. The molecule has 0 bridgehead atoms. The Morgan fingerprint density at radius 3 is 2.73 bits per heavy atom. The average molecular weight is 211 g/mol. The number of nitrogens with one attached hydrogen (secondary N) is 1. The van der Waals surface area contributed by atoms with E-state index in [4.69, 9.17) is 5.73 Å². The SMILES string of the molecule is NC1(CNCCN2CCCC2=O)CCC1. The van der Waals surface area contributed by atoms with E-state index in [1.165, 1.54) is 6.42 Å². The topological polar surface area (TPSA) is 58.4 Å². The Morgan fingerprint density at radius 2 is 2.20 bits per heavy atom. The molecular formula is C11H21N3O. The van der Waals surface area contributed by atoms with E-state index in [-0.39, 0.29) is 5.54 Å². The van der Waals surface area contributed by atoms with Crippen molar-refractivity contribution in [3.05, 3.63) is 0 Å². The highest BCUT2D eigenvalue weighted by molar-refractivity contribution is 5.78. The zero-order chi connectivity index (χ0) is 10.7. The van der Waals surface area contributed by atoms with Gasteiger partial charge in [0.05, 0.1) is 0 Å². The molecular weight excluding hydrogens is 190 g/mol. The number of hydrogen-bond acceptors (Lipinski definition) is 3. The molecule has 0 spiro atoms. The Bertz CT molecular complexity index is 238. The summed E-state index contributed by atoms with van der Waals surface area (Å²) in [6.45, 7) is 3.56. The van der Waals surface area contributed by atoms with Gasteiger partial charge in [-0.05, 0) is 25.7 Å². The lowest BCUT2D eigenvalue weighted by Crippen LogP contribution is -2.54. The summed E-state index contributed by atoms with van der Waals surface area (Å²) < 4.78 is 0. The van der Waals surface area contributed by atoms with Crippen molar-refractivity contribution in [3.8, 4) is 0 Å². The third-order valence-corrected chi connectivity index (χ3v) is 3.56. The largest absolute Gasteiger partial charge is 0.341 e. The minimum Gasteiger partial charge on any atom is -0.341 e. The Morgan fingerprint density at radius 1 is 1.40 bits per heavy atom. The first-order chi connectivity index (χ1) is 7.20. The summed E-state index contributed by atoms with van der Waals surface area (Å²) in [4.78, 5) is 13.2. The summed E-state index contributed by atoms with van der Waals surface area (Å²) in [5.41, 5.74) is 6.13. The molecule has 2 aliphatic rings. The average Bonchev–Trinajstić information content (AvgIpc) is 2.56. The second kappa shape index (κ2) is 4.49. The number of hydrogen-bond donors (Lipinski definition) is 2. The van der Waals surface area contributed by atoms with Gasteiger partial charge >= 0.3 is 0 Å². The predicted octanol–water partition coefficient (Wildman–Crippen LogP) is 0.0798. The van der Waals surface area contributed by atoms with E-state index in [1.54, 1.807) is 0 Å². The van der Waals surface area contributed by atoms with Crippen molar-refractivity contribution in [2.45, 2.75) is 37.6 Å². The first-order valence-corrected chi connectivity index (χ1v) is 5.97. The number of amides is 1. The number of rotatable bonds is 5. The maximum Gasteiger partial charge on any atom is 0.222 e. The lowest BCUT2D eigenvalue weighted by Gasteiger charge is -2.38. The van der Waals surface area contributed by atoms with Crippen LogP contribution >= 0.6 is 0 Å². The van der Waals surface area contributed by atoms with E-state index in [1.807, 2.05) is 4.90 Å². The van der Waals surface area contributed by atoms with Crippen molar-refractivity contribution in [1.82, 2.24) is 10.2 Å². The molecule has 1 saturated heterocycles. The lowest BCUT2D eigenvalue weighted by molar-refractivity contribution is -0.127. The van der Waals surface area contributed by atoms with E-state index >= 15 is 0 Å². The summed E-state index contributed by atoms with van der Waals surface area (Å²) in [5.74, 6) is 0.308. The van der Waals surface area contributed by atoms with Crippen LogP contribution in [-0.4, -0.2) is 42.5 Å². The molecule has 1 saturated carbocycles. The Hall–Kier alpha value is -0.610. The molecule has 4 heteroatoms. The third kappa shape index (κ3) is 2.69. The summed E-state index contributed by atoms with van der Waals surface area (Å²) >= 11 is 0. The minimum absolute atomic E-state index is 0.0506. The quantitative estimate of drug-likeness (QED) is 0.633. The van der Waals surface area contributed by atoms with Crippen LogP contribution in [0.4, 0.5) is 0 Å². The van der Waals surface area contributed by atoms with Crippen molar-refractivity contribution < 1.29 is 4.79 Å². The van der Waals surface area contributed by atoms with Crippen LogP contribution in [0.25, 0.3) is 0 Å². The standard InChI is InChI=1S/C11H21N3O/c12-11(4-2-5-11)9-13-6-8-14-7-1-3-10(14)15/h13H,1-9,12H2. The minimum atomic E-state index is 0.0506. The van der Waals surface area contributed by atoms with Gasteiger partial charge in [-0.2, -0.15) is 0 Å². The van der Waals surface area contributed by atoms with Gasteiger partial charge in [0.25, 0.3) is 0 Å². The van der Waals surface area contributed by atoms with E-state index in [0.29, 0.717) is 5.91 Å². The highest BCUT2D eigenvalue weighted by atomic mass is 16.2. The number of carbonyl (C=O) groups excluding carboxylic acids is 1. The molecule has 0 unspecified atom stereocenters. The molecule has 86 valence electrons. The van der Waals surface area contributed by atoms with Crippen LogP contribution in [0, 0.1) is 0 Å². The van der Waals surface area contributed by atoms with Gasteiger partial charge in [0.2, 0.25) is 5.91 Å². The first-order valence-electron chi connectivity index (χ1n) is 5.97. The number of nitrogens with two attached hydrogens (primary N) is 1. The summed E-state index contributed by atoms with van der Waals surface area (Å²) in [5, 5.41) is 3.36. The van der Waals surface area contributed by atoms with Crippen molar-refractivity contribution in [3.63, 3.8) is 0 Å². The highest BCUT2D eigenvalue weighted by Gasteiger charge is 2.31. The number of nitrogens with zero attached hydrogens (tertiary/aromatic N) is 1. The van der Waals surface area contributed by atoms with Gasteiger partial charge in [-0.1, -0.05) is 0 Å². The molecule has 0 aromatic heterocycles. The number of carbonyl (C=O) groups is 1. The molecule has 2 rings (SSSR count). The van der Waals surface area contributed by atoms with Gasteiger partial charge in [-0.25, -0.2) is 0 Å². The summed E-state index contributed by atoms with van der Waals surface area (Å²) in [6, 6.07) is 0. The molecule has 1 aliphatic heterocycles. The fourth-order valence-electron chi connectivity index (χ4n) is 2.30. The van der Waals surface area contributed by atoms with Gasteiger partial charge in [-0.15, -0.1) is 0 Å². The summed E-state index contributed by atoms with van der Waals surface area (Å²) in [7, 11) is 0. The highest BCUT2D eigenvalue weighted by Crippen LogP contribution is 2.27. The molecule has 1 amide bonds. The fraction of sp³-hybridized carbons (Fsp3) is 0.909. The molecule has 15 heavy (non-hydrogen) atoms. The molecule has 0 radical (unpaired) electrons. The molecule has 1 heterocycles. The van der Waals surface area contributed by atoms with Crippen LogP contribution in [-0.2, 0) is 4.79 Å². The van der Waals surface area contributed by atoms with Crippen molar-refractivity contribution in [2.75, 3.05) is 26.2 Å². The van der Waals surface area contributed by atoms with E-state index in [0.717, 1.165) is 51.9 Å². The molecule has 0 aromatic carbocycles. The van der Waals surface area contributed by atoms with Crippen LogP contribution in [0.5, 0.6) is 0 Å². The zero-order valence-corrected chi connectivity index (χ0v) is 9.30. The van der Waals surface area contributed by atoms with Gasteiger partial charge in [0, 0.05) is 38.1 Å². The molecule has 4 nitrogen and oxygen atoms in total. The maximum atomic E-state index is 11.3. The zero-order valence-electron chi connectivity index (χ0n) is 9.30. The van der Waals surface area contributed by atoms with Crippen LogP contribution in [0.1, 0.15) is 32.1 Å². The van der Waals surface area contributed by atoms with Crippen molar-refractivity contribution >= 4 is 5.91 Å². The Kier molecular flexibility index (Phi) is 3.26. The first kappa shape index (κ1) is 10.9. The molecule has 0 atom stereocenters. The second-order valence-corrected chi connectivity index (χ2v) is 4.88. The van der Waals surface area contributed by atoms with Crippen LogP contribution in [0.3, 0.4) is 0 Å². The van der Waals surface area contributed by atoms with E-state index < -0.39 is 0 Å². The smallest absolute Gasteiger partial charge is 0.222 e. The monoisotopic (exact) mass is 211 g/mol. The molecule has 3 N–H and O–H groups in total. The van der Waals surface area contributed by atoms with Crippen molar-refractivity contribution in [1.29, 1.82) is 0 Å². The van der Waals surface area contributed by atoms with Crippen LogP contribution in [0.15, 0.2) is 0 Å². The number of likely N-dealkylation sites (tertiary alicyclic amines) is 1. The van der Waals surface area contributed by atoms with Crippen molar-refractivity contribution in [2.24, 2.45) is 5.73 Å². The Balaban J connectivity index is 1.56. The predicted molar refractivity (Wildman–Crippen MR) is 59.5 cm³/mol. The van der Waals surface area contributed by atoms with Crippen LogP contribution in [0.2, 0.25) is 0 Å². The molecule has 2 fully saturated rings. The molecule has 1 aliphatic carbocycles.